The van der Waals surface area contributed by atoms with E-state index in [2.05, 4.69) is 6.58 Å². The third kappa shape index (κ3) is 5.31. The lowest BCUT2D eigenvalue weighted by Gasteiger charge is -1.93. The summed E-state index contributed by atoms with van der Waals surface area (Å²) in [6.45, 7) is 9.24. The highest BCUT2D eigenvalue weighted by Crippen LogP contribution is 2.00. The number of nitrogens with two attached hydrogens (primary N) is 1. The summed E-state index contributed by atoms with van der Waals surface area (Å²) in [5.41, 5.74) is 6.38. The molecule has 0 heterocycles. The smallest absolute Gasteiger partial charge is 0.101 e. The van der Waals surface area contributed by atoms with Crippen molar-refractivity contribution in [1.82, 2.24) is 0 Å². The molecule has 0 aliphatic heterocycles. The standard InChI is InChI=1S/C8H10N2.C2H6/c1-3-5-7(6-9)8(10)4-2;1-2/h3-5H,1,10H2,2H3;1-2H3/b7-5-,8-4+;. The molecule has 0 aromatic rings. The molecule has 2 heteroatoms. The first-order valence-electron chi connectivity index (χ1n) is 3.91. The Balaban J connectivity index is 0. The minimum atomic E-state index is 0.456. The van der Waals surface area contributed by atoms with E-state index in [-0.39, 0.29) is 0 Å². The number of hydrogen-bond donors (Lipinski definition) is 1. The Morgan fingerprint density at radius 2 is 2.00 bits per heavy atom. The molecule has 0 bridgehead atoms. The van der Waals surface area contributed by atoms with Crippen LogP contribution < -0.4 is 5.73 Å². The number of allylic oxidation sites excluding steroid dienone is 4. The molecule has 0 spiro atoms. The first-order valence-corrected chi connectivity index (χ1v) is 3.91. The summed E-state index contributed by atoms with van der Waals surface area (Å²) in [5, 5.41) is 8.47. The minimum absolute atomic E-state index is 0.456. The highest BCUT2D eigenvalue weighted by molar-refractivity contribution is 5.41. The quantitative estimate of drug-likeness (QED) is 0.503. The fourth-order valence-corrected chi connectivity index (χ4v) is 0.471. The lowest BCUT2D eigenvalue weighted by molar-refractivity contribution is 1.32. The van der Waals surface area contributed by atoms with Crippen molar-refractivity contribution in [2.24, 2.45) is 5.73 Å². The van der Waals surface area contributed by atoms with Crippen LogP contribution in [0.25, 0.3) is 0 Å². The Bertz CT molecular complexity index is 216. The fraction of sp³-hybridized carbons (Fsp3) is 0.300. The average molecular weight is 164 g/mol. The van der Waals surface area contributed by atoms with Gasteiger partial charge in [-0.3, -0.25) is 0 Å². The van der Waals surface area contributed by atoms with Gasteiger partial charge in [-0.05, 0) is 13.0 Å². The van der Waals surface area contributed by atoms with Crippen LogP contribution in [0.4, 0.5) is 0 Å². The third-order valence-corrected chi connectivity index (χ3v) is 1.03. The van der Waals surface area contributed by atoms with Crippen molar-refractivity contribution in [2.45, 2.75) is 20.8 Å². The van der Waals surface area contributed by atoms with Crippen LogP contribution >= 0.6 is 0 Å². The predicted octanol–water partition coefficient (Wildman–Crippen LogP) is 2.51. The molecule has 0 aromatic heterocycles. The average Bonchev–Trinajstić information content (AvgIpc) is 2.16. The molecule has 0 fully saturated rings. The molecule has 0 aliphatic carbocycles. The molecule has 0 unspecified atom stereocenters. The van der Waals surface area contributed by atoms with E-state index in [0.717, 1.165) is 0 Å². The zero-order chi connectivity index (χ0) is 9.98. The monoisotopic (exact) mass is 164 g/mol. The van der Waals surface area contributed by atoms with Gasteiger partial charge in [-0.2, -0.15) is 5.26 Å². The van der Waals surface area contributed by atoms with E-state index in [1.807, 2.05) is 19.9 Å². The maximum Gasteiger partial charge on any atom is 0.101 e. The Hall–Kier alpha value is -1.49. The van der Waals surface area contributed by atoms with E-state index in [4.69, 9.17) is 11.0 Å². The third-order valence-electron chi connectivity index (χ3n) is 1.03. The summed E-state index contributed by atoms with van der Waals surface area (Å²) in [5.74, 6) is 0. The second-order valence-electron chi connectivity index (χ2n) is 1.67. The van der Waals surface area contributed by atoms with Gasteiger partial charge in [0, 0.05) is 5.70 Å². The normalized spacial score (nSPS) is 10.8. The molecule has 0 amide bonds. The van der Waals surface area contributed by atoms with Crippen molar-refractivity contribution in [2.75, 3.05) is 0 Å². The van der Waals surface area contributed by atoms with Gasteiger partial charge < -0.3 is 5.73 Å². The van der Waals surface area contributed by atoms with Gasteiger partial charge in [0.25, 0.3) is 0 Å². The van der Waals surface area contributed by atoms with Gasteiger partial charge in [0.05, 0.1) is 5.57 Å². The van der Waals surface area contributed by atoms with Crippen molar-refractivity contribution >= 4 is 0 Å². The van der Waals surface area contributed by atoms with Crippen LogP contribution in [0.5, 0.6) is 0 Å². The number of hydrogen-bond acceptors (Lipinski definition) is 2. The van der Waals surface area contributed by atoms with Crippen molar-refractivity contribution in [3.63, 3.8) is 0 Å². The summed E-state index contributed by atoms with van der Waals surface area (Å²) in [6, 6.07) is 1.95. The van der Waals surface area contributed by atoms with Gasteiger partial charge in [-0.1, -0.05) is 32.6 Å². The molecule has 2 nitrogen and oxygen atoms in total. The largest absolute Gasteiger partial charge is 0.398 e. The molecule has 0 aromatic carbocycles. The molecule has 0 rings (SSSR count). The van der Waals surface area contributed by atoms with Crippen molar-refractivity contribution in [1.29, 1.82) is 5.26 Å². The zero-order valence-corrected chi connectivity index (χ0v) is 7.96. The molecule has 2 N–H and O–H groups in total. The Labute approximate surface area is 74.7 Å². The molecule has 0 atom stereocenters. The SMILES string of the molecule is C=C/C=C(C#N)\C(N)=C/C.CC. The van der Waals surface area contributed by atoms with E-state index in [1.54, 1.807) is 19.1 Å². The van der Waals surface area contributed by atoms with Gasteiger partial charge in [0.1, 0.15) is 6.07 Å². The van der Waals surface area contributed by atoms with E-state index in [1.165, 1.54) is 6.08 Å². The second kappa shape index (κ2) is 9.51. The maximum absolute atomic E-state index is 8.47. The highest BCUT2D eigenvalue weighted by Gasteiger charge is 1.93. The summed E-state index contributed by atoms with van der Waals surface area (Å²) < 4.78 is 0. The van der Waals surface area contributed by atoms with Gasteiger partial charge in [0.2, 0.25) is 0 Å². The molecule has 0 saturated carbocycles. The second-order valence-corrected chi connectivity index (χ2v) is 1.67. The van der Waals surface area contributed by atoms with E-state index in [0.29, 0.717) is 11.3 Å². The van der Waals surface area contributed by atoms with Crippen LogP contribution in [0.1, 0.15) is 20.8 Å². The molecular formula is C10H16N2. The summed E-state index contributed by atoms with van der Waals surface area (Å²) in [6.07, 6.45) is 4.79. The van der Waals surface area contributed by atoms with Crippen LogP contribution in [0, 0.1) is 11.3 Å². The van der Waals surface area contributed by atoms with Crippen LogP contribution in [-0.2, 0) is 0 Å². The number of nitrogens with zero attached hydrogens (tertiary/aromatic N) is 1. The van der Waals surface area contributed by atoms with E-state index < -0.39 is 0 Å². The van der Waals surface area contributed by atoms with Crippen molar-refractivity contribution in [3.8, 4) is 6.07 Å². The van der Waals surface area contributed by atoms with Crippen molar-refractivity contribution < 1.29 is 0 Å². The minimum Gasteiger partial charge on any atom is -0.398 e. The van der Waals surface area contributed by atoms with E-state index in [9.17, 15) is 0 Å². The van der Waals surface area contributed by atoms with Crippen molar-refractivity contribution in [3.05, 3.63) is 36.1 Å². The number of rotatable bonds is 2. The summed E-state index contributed by atoms with van der Waals surface area (Å²) in [7, 11) is 0. The Kier molecular flexibility index (Phi) is 10.4. The first-order chi connectivity index (χ1) is 5.76. The van der Waals surface area contributed by atoms with Gasteiger partial charge >= 0.3 is 0 Å². The maximum atomic E-state index is 8.47. The Morgan fingerprint density at radius 1 is 1.50 bits per heavy atom. The molecule has 12 heavy (non-hydrogen) atoms. The van der Waals surface area contributed by atoms with Gasteiger partial charge in [-0.15, -0.1) is 0 Å². The first kappa shape index (κ1) is 13.1. The molecular weight excluding hydrogens is 148 g/mol. The van der Waals surface area contributed by atoms with E-state index >= 15 is 0 Å². The molecule has 0 saturated heterocycles. The lowest BCUT2D eigenvalue weighted by Crippen LogP contribution is -1.98. The van der Waals surface area contributed by atoms with Crippen LogP contribution in [-0.4, -0.2) is 0 Å². The van der Waals surface area contributed by atoms with Crippen LogP contribution in [0.15, 0.2) is 36.1 Å². The Morgan fingerprint density at radius 3 is 2.25 bits per heavy atom. The van der Waals surface area contributed by atoms with Gasteiger partial charge in [-0.25, -0.2) is 0 Å². The van der Waals surface area contributed by atoms with Crippen LogP contribution in [0.2, 0.25) is 0 Å². The highest BCUT2D eigenvalue weighted by atomic mass is 14.6. The summed E-state index contributed by atoms with van der Waals surface area (Å²) >= 11 is 0. The van der Waals surface area contributed by atoms with Crippen LogP contribution in [0.3, 0.4) is 0 Å². The zero-order valence-electron chi connectivity index (χ0n) is 7.96. The molecule has 66 valence electrons. The fourth-order valence-electron chi connectivity index (χ4n) is 0.471. The number of nitriles is 1. The lowest BCUT2D eigenvalue weighted by atomic mass is 10.2. The topological polar surface area (TPSA) is 49.8 Å². The summed E-state index contributed by atoms with van der Waals surface area (Å²) in [4.78, 5) is 0. The predicted molar refractivity (Wildman–Crippen MR) is 53.2 cm³/mol. The van der Waals surface area contributed by atoms with Gasteiger partial charge in [0.15, 0.2) is 0 Å². The molecule has 0 radical (unpaired) electrons. The molecule has 0 aliphatic rings.